The van der Waals surface area contributed by atoms with Crippen LogP contribution in [0.1, 0.15) is 76.2 Å². The van der Waals surface area contributed by atoms with Gasteiger partial charge in [0.1, 0.15) is 18.8 Å². The Hall–Kier alpha value is -1.43. The van der Waals surface area contributed by atoms with Crippen LogP contribution >= 0.6 is 34.8 Å². The van der Waals surface area contributed by atoms with Crippen LogP contribution in [0.4, 0.5) is 4.79 Å². The SMILES string of the molecule is CC(=O)OC1[C@H](C)OC(CO[C@H]2OC3CO[Si](C(C)(C)C)(C(C)(C)C)O[C@@H]3[C@H](C)C2NC(=O)OCC(Cl)(Cl)Cl)[C@@H](OC(C)=O)[C@@H]1OC(C)=O. The quantitative estimate of drug-likeness (QED) is 0.154. The first-order valence-electron chi connectivity index (χ1n) is 16.1. The number of rotatable bonds is 8. The van der Waals surface area contributed by atoms with E-state index in [1.54, 1.807) is 6.92 Å². The van der Waals surface area contributed by atoms with E-state index in [1.807, 2.05) is 6.92 Å². The Bertz CT molecular complexity index is 1190. The Kier molecular flexibility index (Phi) is 13.8. The van der Waals surface area contributed by atoms with E-state index >= 15 is 0 Å². The van der Waals surface area contributed by atoms with Crippen molar-refractivity contribution in [3.8, 4) is 0 Å². The van der Waals surface area contributed by atoms with Gasteiger partial charge in [0.25, 0.3) is 0 Å². The summed E-state index contributed by atoms with van der Waals surface area (Å²) in [7, 11) is -2.95. The number of alkyl halides is 3. The summed E-state index contributed by atoms with van der Waals surface area (Å²) in [6, 6.07) is -0.861. The van der Waals surface area contributed by atoms with Crippen molar-refractivity contribution in [3.63, 3.8) is 0 Å². The van der Waals surface area contributed by atoms with Crippen LogP contribution in [0.5, 0.6) is 0 Å². The summed E-state index contributed by atoms with van der Waals surface area (Å²) in [6.07, 6.45) is -8.46. The van der Waals surface area contributed by atoms with Gasteiger partial charge in [-0.25, -0.2) is 4.79 Å². The van der Waals surface area contributed by atoms with Crippen LogP contribution in [0.15, 0.2) is 0 Å². The summed E-state index contributed by atoms with van der Waals surface area (Å²) < 4.78 is 52.2. The van der Waals surface area contributed by atoms with Crippen molar-refractivity contribution in [1.29, 1.82) is 0 Å². The zero-order valence-electron chi connectivity index (χ0n) is 29.8. The van der Waals surface area contributed by atoms with Crippen molar-refractivity contribution in [3.05, 3.63) is 0 Å². The zero-order chi connectivity index (χ0) is 37.3. The summed E-state index contributed by atoms with van der Waals surface area (Å²) in [6.45, 7) is 19.0. The zero-order valence-corrected chi connectivity index (χ0v) is 33.1. The number of nitrogens with one attached hydrogen (secondary N) is 1. The molecule has 0 radical (unpaired) electrons. The van der Waals surface area contributed by atoms with Gasteiger partial charge in [-0.2, -0.15) is 0 Å². The molecule has 0 aromatic heterocycles. The maximum absolute atomic E-state index is 13.0. The molecule has 3 fully saturated rings. The second kappa shape index (κ2) is 16.1. The Morgan fingerprint density at radius 1 is 0.816 bits per heavy atom. The highest BCUT2D eigenvalue weighted by atomic mass is 35.6. The molecule has 14 nitrogen and oxygen atoms in total. The lowest BCUT2D eigenvalue weighted by atomic mass is 9.88. The average molecular weight is 779 g/mol. The number of carbonyl (C=O) groups excluding carboxylic acids is 4. The fourth-order valence-corrected chi connectivity index (χ4v) is 12.1. The summed E-state index contributed by atoms with van der Waals surface area (Å²) in [5.74, 6) is -2.45. The molecular formula is C31H50Cl3NO13Si. The van der Waals surface area contributed by atoms with Crippen molar-refractivity contribution in [1.82, 2.24) is 5.32 Å². The molecule has 1 amide bonds. The van der Waals surface area contributed by atoms with Crippen LogP contribution in [0.3, 0.4) is 0 Å². The van der Waals surface area contributed by atoms with Crippen molar-refractivity contribution in [2.45, 2.75) is 145 Å². The number of amides is 1. The third kappa shape index (κ3) is 10.3. The Morgan fingerprint density at radius 2 is 1.35 bits per heavy atom. The molecule has 3 aliphatic heterocycles. The molecule has 3 aliphatic rings. The predicted molar refractivity (Wildman–Crippen MR) is 179 cm³/mol. The van der Waals surface area contributed by atoms with Gasteiger partial charge in [-0.15, -0.1) is 0 Å². The third-order valence-electron chi connectivity index (χ3n) is 8.63. The second-order valence-electron chi connectivity index (χ2n) is 14.7. The number of fused-ring (bicyclic) bond motifs is 1. The average Bonchev–Trinajstić information content (AvgIpc) is 2.93. The van der Waals surface area contributed by atoms with E-state index in [-0.39, 0.29) is 23.3 Å². The van der Waals surface area contributed by atoms with E-state index in [2.05, 4.69) is 46.9 Å². The van der Waals surface area contributed by atoms with Gasteiger partial charge < -0.3 is 47.3 Å². The number of hydrogen-bond acceptors (Lipinski definition) is 13. The highest BCUT2D eigenvalue weighted by Gasteiger charge is 2.64. The smallest absolute Gasteiger partial charge is 0.407 e. The molecule has 1 N–H and O–H groups in total. The lowest BCUT2D eigenvalue weighted by Crippen LogP contribution is -2.71. The number of alkyl carbamates (subject to hydrolysis) is 1. The first-order chi connectivity index (χ1) is 22.4. The molecule has 3 rings (SSSR count). The van der Waals surface area contributed by atoms with Crippen LogP contribution in [-0.2, 0) is 56.4 Å². The second-order valence-corrected chi connectivity index (χ2v) is 22.0. The minimum absolute atomic E-state index is 0.214. The predicted octanol–water partition coefficient (Wildman–Crippen LogP) is 4.87. The van der Waals surface area contributed by atoms with Gasteiger partial charge in [-0.3, -0.25) is 14.4 Å². The van der Waals surface area contributed by atoms with E-state index in [0.717, 1.165) is 0 Å². The van der Waals surface area contributed by atoms with Crippen molar-refractivity contribution in [2.24, 2.45) is 5.92 Å². The molecule has 282 valence electrons. The minimum atomic E-state index is -2.95. The minimum Gasteiger partial charge on any atom is -0.456 e. The summed E-state index contributed by atoms with van der Waals surface area (Å²) in [4.78, 5) is 49.2. The Labute approximate surface area is 303 Å². The molecular weight excluding hydrogens is 729 g/mol. The van der Waals surface area contributed by atoms with E-state index in [9.17, 15) is 19.2 Å². The standard InChI is InChI=1S/C31H50Cl3NO13Si/c1-15-22(35-28(39)41-14-31(32,33)34)27(47-21-13-42-49(29(6,7)8,30(9,10)11)48-23(15)21)40-12-20-25(45-18(4)37)26(46-19(5)38)24(16(2)43-20)44-17(3)36/h15-16,20-27H,12-14H2,1-11H3,(H,35,39)/t15-,16+,20?,21?,22?,23-,24?,25-,26-,27+/m1/s1. The Morgan fingerprint density at radius 3 is 1.86 bits per heavy atom. The van der Waals surface area contributed by atoms with Gasteiger partial charge in [0, 0.05) is 36.8 Å². The molecule has 3 heterocycles. The normalized spacial score (nSPS) is 33.4. The van der Waals surface area contributed by atoms with Gasteiger partial charge in [0.2, 0.25) is 3.79 Å². The van der Waals surface area contributed by atoms with Gasteiger partial charge in [0.05, 0.1) is 31.5 Å². The Balaban J connectivity index is 1.93. The molecule has 0 aliphatic carbocycles. The third-order valence-corrected chi connectivity index (χ3v) is 14.1. The molecule has 3 saturated heterocycles. The van der Waals surface area contributed by atoms with Gasteiger partial charge in [-0.1, -0.05) is 83.3 Å². The lowest BCUT2D eigenvalue weighted by Gasteiger charge is -2.58. The van der Waals surface area contributed by atoms with Crippen LogP contribution < -0.4 is 5.32 Å². The van der Waals surface area contributed by atoms with E-state index < -0.39 is 104 Å². The molecule has 0 aromatic rings. The maximum atomic E-state index is 13.0. The first kappa shape index (κ1) is 42.0. The van der Waals surface area contributed by atoms with Gasteiger partial charge in [-0.05, 0) is 6.92 Å². The van der Waals surface area contributed by atoms with Crippen LogP contribution in [0.25, 0.3) is 0 Å². The number of carbonyl (C=O) groups is 4. The number of hydrogen-bond donors (Lipinski definition) is 1. The van der Waals surface area contributed by atoms with Crippen molar-refractivity contribution >= 4 is 67.4 Å². The van der Waals surface area contributed by atoms with Crippen LogP contribution in [-0.4, -0.2) is 111 Å². The molecule has 0 spiro atoms. The molecule has 0 saturated carbocycles. The van der Waals surface area contributed by atoms with E-state index in [1.165, 1.54) is 20.8 Å². The molecule has 10 atom stereocenters. The maximum Gasteiger partial charge on any atom is 0.407 e. The summed E-state index contributed by atoms with van der Waals surface area (Å²) in [5, 5.41) is 2.15. The van der Waals surface area contributed by atoms with E-state index in [0.29, 0.717) is 0 Å². The lowest BCUT2D eigenvalue weighted by molar-refractivity contribution is -0.290. The van der Waals surface area contributed by atoms with Gasteiger partial charge in [0.15, 0.2) is 24.6 Å². The fraction of sp³-hybridized carbons (Fsp3) is 0.871. The molecule has 18 heteroatoms. The largest absolute Gasteiger partial charge is 0.456 e. The van der Waals surface area contributed by atoms with Gasteiger partial charge >= 0.3 is 32.6 Å². The van der Waals surface area contributed by atoms with Crippen LogP contribution in [0, 0.1) is 5.92 Å². The highest BCUT2D eigenvalue weighted by molar-refractivity contribution is 6.73. The van der Waals surface area contributed by atoms with Crippen LogP contribution in [0.2, 0.25) is 10.1 Å². The topological polar surface area (TPSA) is 163 Å². The van der Waals surface area contributed by atoms with Crippen molar-refractivity contribution < 1.29 is 61.2 Å². The van der Waals surface area contributed by atoms with E-state index in [4.69, 9.17) is 76.8 Å². The molecule has 4 unspecified atom stereocenters. The monoisotopic (exact) mass is 777 g/mol. The van der Waals surface area contributed by atoms with Crippen molar-refractivity contribution in [2.75, 3.05) is 19.8 Å². The molecule has 0 bridgehead atoms. The number of esters is 3. The summed E-state index contributed by atoms with van der Waals surface area (Å²) >= 11 is 17.4. The number of halogens is 3. The molecule has 49 heavy (non-hydrogen) atoms. The fourth-order valence-electron chi connectivity index (χ4n) is 6.88. The summed E-state index contributed by atoms with van der Waals surface area (Å²) in [5.41, 5.74) is 0. The molecule has 0 aromatic carbocycles. The highest BCUT2D eigenvalue weighted by Crippen LogP contribution is 2.55. The first-order valence-corrected chi connectivity index (χ1v) is 19.1. The number of ether oxygens (including phenoxy) is 7.